The van der Waals surface area contributed by atoms with E-state index in [2.05, 4.69) is 6.92 Å². The van der Waals surface area contributed by atoms with E-state index in [1.54, 1.807) is 7.11 Å². The van der Waals surface area contributed by atoms with Crippen molar-refractivity contribution in [2.75, 3.05) is 13.7 Å². The lowest BCUT2D eigenvalue weighted by Gasteiger charge is -2.42. The van der Waals surface area contributed by atoms with Gasteiger partial charge in [0.1, 0.15) is 0 Å². The second kappa shape index (κ2) is 3.44. The molecule has 0 radical (unpaired) electrons. The second-order valence-corrected chi connectivity index (χ2v) is 3.84. The van der Waals surface area contributed by atoms with Crippen LogP contribution in [0.3, 0.4) is 0 Å². The lowest BCUT2D eigenvalue weighted by Crippen LogP contribution is -2.43. The number of aliphatic carboxylic acids is 1. The first kappa shape index (κ1) is 9.52. The van der Waals surface area contributed by atoms with E-state index in [0.717, 1.165) is 12.8 Å². The van der Waals surface area contributed by atoms with Crippen LogP contribution in [0.4, 0.5) is 0 Å². The quantitative estimate of drug-likeness (QED) is 0.699. The fourth-order valence-electron chi connectivity index (χ4n) is 2.06. The summed E-state index contributed by atoms with van der Waals surface area (Å²) in [6.45, 7) is 2.65. The van der Waals surface area contributed by atoms with Crippen molar-refractivity contribution >= 4 is 5.97 Å². The molecule has 1 aliphatic carbocycles. The maximum absolute atomic E-state index is 10.9. The average molecular weight is 172 g/mol. The monoisotopic (exact) mass is 172 g/mol. The summed E-state index contributed by atoms with van der Waals surface area (Å²) in [4.78, 5) is 10.9. The lowest BCUT2D eigenvalue weighted by molar-refractivity contribution is -0.159. The van der Waals surface area contributed by atoms with Crippen LogP contribution < -0.4 is 0 Å². The minimum absolute atomic E-state index is 0.463. The van der Waals surface area contributed by atoms with E-state index in [1.165, 1.54) is 0 Å². The molecule has 1 rings (SSSR count). The van der Waals surface area contributed by atoms with Crippen LogP contribution in [-0.2, 0) is 9.53 Å². The molecule has 12 heavy (non-hydrogen) atoms. The Morgan fingerprint density at radius 2 is 2.25 bits per heavy atom. The second-order valence-electron chi connectivity index (χ2n) is 3.84. The highest BCUT2D eigenvalue weighted by Crippen LogP contribution is 2.48. The molecule has 0 spiro atoms. The number of methoxy groups -OCH3 is 1. The number of carboxylic acid groups (broad SMARTS) is 1. The van der Waals surface area contributed by atoms with Crippen LogP contribution in [0, 0.1) is 11.3 Å². The maximum Gasteiger partial charge on any atom is 0.309 e. The van der Waals surface area contributed by atoms with Gasteiger partial charge in [-0.3, -0.25) is 4.79 Å². The number of hydrogen-bond donors (Lipinski definition) is 1. The van der Waals surface area contributed by atoms with Crippen LogP contribution in [0.5, 0.6) is 0 Å². The molecule has 1 aliphatic rings. The summed E-state index contributed by atoms with van der Waals surface area (Å²) < 4.78 is 4.90. The molecule has 0 saturated heterocycles. The van der Waals surface area contributed by atoms with E-state index in [1.807, 2.05) is 0 Å². The van der Waals surface area contributed by atoms with E-state index in [-0.39, 0.29) is 0 Å². The van der Waals surface area contributed by atoms with Crippen LogP contribution in [0.15, 0.2) is 0 Å². The zero-order chi connectivity index (χ0) is 9.19. The van der Waals surface area contributed by atoms with Crippen LogP contribution >= 0.6 is 0 Å². The Balaban J connectivity index is 2.45. The Kier molecular flexibility index (Phi) is 2.73. The molecule has 0 aliphatic heterocycles. The number of carboxylic acids is 1. The first-order valence-electron chi connectivity index (χ1n) is 4.33. The summed E-state index contributed by atoms with van der Waals surface area (Å²) in [5.74, 6) is -0.0874. The van der Waals surface area contributed by atoms with Gasteiger partial charge in [-0.25, -0.2) is 0 Å². The first-order chi connectivity index (χ1) is 5.60. The van der Waals surface area contributed by atoms with Crippen molar-refractivity contribution < 1.29 is 14.6 Å². The van der Waals surface area contributed by atoms with Crippen molar-refractivity contribution in [2.45, 2.75) is 26.2 Å². The fourth-order valence-corrected chi connectivity index (χ4v) is 2.06. The van der Waals surface area contributed by atoms with Gasteiger partial charge in [-0.1, -0.05) is 6.92 Å². The topological polar surface area (TPSA) is 46.5 Å². The van der Waals surface area contributed by atoms with Gasteiger partial charge >= 0.3 is 5.97 Å². The predicted octanol–water partition coefficient (Wildman–Crippen LogP) is 1.52. The number of ether oxygens (including phenoxy) is 1. The van der Waals surface area contributed by atoms with Gasteiger partial charge in [0.05, 0.1) is 5.41 Å². The van der Waals surface area contributed by atoms with Gasteiger partial charge in [0.2, 0.25) is 0 Å². The molecule has 0 amide bonds. The third-order valence-corrected chi connectivity index (χ3v) is 2.72. The summed E-state index contributed by atoms with van der Waals surface area (Å²) in [5, 5.41) is 8.97. The third-order valence-electron chi connectivity index (χ3n) is 2.72. The number of hydrogen-bond acceptors (Lipinski definition) is 2. The summed E-state index contributed by atoms with van der Waals surface area (Å²) in [6.07, 6.45) is 2.28. The van der Waals surface area contributed by atoms with Gasteiger partial charge in [-0.2, -0.15) is 0 Å². The van der Waals surface area contributed by atoms with Crippen molar-refractivity contribution in [3.05, 3.63) is 0 Å². The summed E-state index contributed by atoms with van der Waals surface area (Å²) in [6, 6.07) is 0. The number of carbonyl (C=O) groups is 1. The molecular formula is C9H16O3. The molecule has 0 bridgehead atoms. The molecule has 0 heterocycles. The standard InChI is InChI=1S/C9H16O3/c1-7-5-9(6-7,8(10)11)3-4-12-2/h7H,3-6H2,1-2H3,(H,10,11). The minimum atomic E-state index is -0.655. The highest BCUT2D eigenvalue weighted by molar-refractivity contribution is 5.75. The summed E-state index contributed by atoms with van der Waals surface area (Å²) >= 11 is 0. The molecule has 1 saturated carbocycles. The Morgan fingerprint density at radius 1 is 1.67 bits per heavy atom. The van der Waals surface area contributed by atoms with Crippen LogP contribution in [0.2, 0.25) is 0 Å². The van der Waals surface area contributed by atoms with E-state index in [4.69, 9.17) is 9.84 Å². The lowest BCUT2D eigenvalue weighted by atomic mass is 9.61. The maximum atomic E-state index is 10.9. The van der Waals surface area contributed by atoms with Gasteiger partial charge in [-0.05, 0) is 25.2 Å². The van der Waals surface area contributed by atoms with Crippen LogP contribution in [0.1, 0.15) is 26.2 Å². The van der Waals surface area contributed by atoms with Crippen LogP contribution in [-0.4, -0.2) is 24.8 Å². The average Bonchev–Trinajstić information content (AvgIpc) is 1.95. The van der Waals surface area contributed by atoms with Gasteiger partial charge in [0.15, 0.2) is 0 Å². The van der Waals surface area contributed by atoms with Gasteiger partial charge in [0, 0.05) is 13.7 Å². The number of rotatable bonds is 4. The van der Waals surface area contributed by atoms with Gasteiger partial charge < -0.3 is 9.84 Å². The molecular weight excluding hydrogens is 156 g/mol. The molecule has 1 N–H and O–H groups in total. The van der Waals surface area contributed by atoms with Crippen molar-refractivity contribution in [3.8, 4) is 0 Å². The molecule has 0 aromatic heterocycles. The van der Waals surface area contributed by atoms with E-state index >= 15 is 0 Å². The predicted molar refractivity (Wildman–Crippen MR) is 45.0 cm³/mol. The van der Waals surface area contributed by atoms with E-state index in [9.17, 15) is 4.79 Å². The van der Waals surface area contributed by atoms with Gasteiger partial charge in [-0.15, -0.1) is 0 Å². The Hall–Kier alpha value is -0.570. The highest BCUT2D eigenvalue weighted by atomic mass is 16.5. The Labute approximate surface area is 72.7 Å². The van der Waals surface area contributed by atoms with Crippen molar-refractivity contribution in [3.63, 3.8) is 0 Å². The molecule has 0 atom stereocenters. The SMILES string of the molecule is COCCC1(C(=O)O)CC(C)C1. The van der Waals surface area contributed by atoms with Crippen molar-refractivity contribution in [2.24, 2.45) is 11.3 Å². The van der Waals surface area contributed by atoms with Crippen LogP contribution in [0.25, 0.3) is 0 Å². The molecule has 70 valence electrons. The highest BCUT2D eigenvalue weighted by Gasteiger charge is 2.47. The van der Waals surface area contributed by atoms with Gasteiger partial charge in [0.25, 0.3) is 0 Å². The van der Waals surface area contributed by atoms with Crippen molar-refractivity contribution in [1.29, 1.82) is 0 Å². The summed E-state index contributed by atoms with van der Waals surface area (Å²) in [7, 11) is 1.61. The zero-order valence-electron chi connectivity index (χ0n) is 7.67. The third kappa shape index (κ3) is 1.61. The van der Waals surface area contributed by atoms with E-state index in [0.29, 0.717) is 18.9 Å². The Morgan fingerprint density at radius 3 is 2.58 bits per heavy atom. The molecule has 3 heteroatoms. The summed E-state index contributed by atoms with van der Waals surface area (Å²) in [5.41, 5.74) is -0.463. The molecule has 3 nitrogen and oxygen atoms in total. The normalized spacial score (nSPS) is 34.3. The molecule has 0 unspecified atom stereocenters. The molecule has 1 fully saturated rings. The molecule has 0 aromatic rings. The van der Waals surface area contributed by atoms with E-state index < -0.39 is 11.4 Å². The zero-order valence-corrected chi connectivity index (χ0v) is 7.67. The smallest absolute Gasteiger partial charge is 0.309 e. The largest absolute Gasteiger partial charge is 0.481 e. The molecule has 0 aromatic carbocycles. The van der Waals surface area contributed by atoms with Crippen molar-refractivity contribution in [1.82, 2.24) is 0 Å². The fraction of sp³-hybridized carbons (Fsp3) is 0.889. The first-order valence-corrected chi connectivity index (χ1v) is 4.33. The minimum Gasteiger partial charge on any atom is -0.481 e. The Bertz CT molecular complexity index is 171.